The molecular weight excluding hydrogens is 378 g/mol. The average molecular weight is 397 g/mol. The highest BCUT2D eigenvalue weighted by Gasteiger charge is 2.25. The summed E-state index contributed by atoms with van der Waals surface area (Å²) in [4.78, 5) is 19.2. The molecule has 0 saturated heterocycles. The first kappa shape index (κ1) is 19.3. The first-order chi connectivity index (χ1) is 13.3. The van der Waals surface area contributed by atoms with Gasteiger partial charge in [-0.2, -0.15) is 0 Å². The van der Waals surface area contributed by atoms with Gasteiger partial charge in [0, 0.05) is 31.9 Å². The van der Waals surface area contributed by atoms with Crippen LogP contribution in [-0.4, -0.2) is 31.3 Å². The summed E-state index contributed by atoms with van der Waals surface area (Å²) >= 11 is 0. The largest absolute Gasteiger partial charge is 0.383 e. The van der Waals surface area contributed by atoms with E-state index in [1.807, 2.05) is 0 Å². The van der Waals surface area contributed by atoms with Gasteiger partial charge < -0.3 is 11.1 Å². The molecule has 1 aromatic carbocycles. The summed E-state index contributed by atoms with van der Waals surface area (Å²) in [6.07, 6.45) is 2.99. The van der Waals surface area contributed by atoms with Crippen molar-refractivity contribution in [2.75, 3.05) is 22.4 Å². The lowest BCUT2D eigenvalue weighted by Crippen LogP contribution is -2.27. The minimum atomic E-state index is -3.92. The third-order valence-electron chi connectivity index (χ3n) is 4.04. The van der Waals surface area contributed by atoms with E-state index in [-0.39, 0.29) is 16.6 Å². The monoisotopic (exact) mass is 397 g/mol. The number of carbonyl (C=O) groups is 1. The Morgan fingerprint density at radius 1 is 1.07 bits per heavy atom. The molecule has 2 aromatic heterocycles. The van der Waals surface area contributed by atoms with E-state index in [1.54, 1.807) is 42.5 Å². The Labute approximate surface area is 163 Å². The van der Waals surface area contributed by atoms with E-state index in [4.69, 9.17) is 5.73 Å². The molecule has 0 aliphatic rings. The van der Waals surface area contributed by atoms with Crippen LogP contribution in [0.5, 0.6) is 0 Å². The zero-order valence-corrected chi connectivity index (χ0v) is 16.1. The Hall–Kier alpha value is -3.46. The number of amides is 1. The number of nitrogens with zero attached hydrogens (tertiary/aromatic N) is 3. The van der Waals surface area contributed by atoms with E-state index >= 15 is 0 Å². The van der Waals surface area contributed by atoms with E-state index in [1.165, 1.54) is 32.4 Å². The summed E-state index contributed by atoms with van der Waals surface area (Å²) in [6.45, 7) is 1.38. The fraction of sp³-hybridized carbons (Fsp3) is 0.105. The lowest BCUT2D eigenvalue weighted by atomic mass is 10.1. The van der Waals surface area contributed by atoms with Crippen molar-refractivity contribution in [3.63, 3.8) is 0 Å². The van der Waals surface area contributed by atoms with Crippen molar-refractivity contribution < 1.29 is 13.2 Å². The topological polar surface area (TPSA) is 118 Å². The van der Waals surface area contributed by atoms with Crippen LogP contribution < -0.4 is 15.4 Å². The normalized spacial score (nSPS) is 11.1. The minimum absolute atomic E-state index is 0.0947. The molecular formula is C19H19N5O3S. The zero-order valence-electron chi connectivity index (χ0n) is 15.3. The van der Waals surface area contributed by atoms with Gasteiger partial charge in [-0.05, 0) is 35.9 Å². The van der Waals surface area contributed by atoms with Crippen molar-refractivity contribution in [3.05, 3.63) is 60.9 Å². The summed E-state index contributed by atoms with van der Waals surface area (Å²) in [5.74, 6) is 0.00291. The molecule has 28 heavy (non-hydrogen) atoms. The molecule has 0 atom stereocenters. The second kappa shape index (κ2) is 7.65. The van der Waals surface area contributed by atoms with E-state index < -0.39 is 10.0 Å². The maximum Gasteiger partial charge on any atom is 0.267 e. The zero-order chi connectivity index (χ0) is 20.3. The molecule has 0 radical (unpaired) electrons. The number of carbonyl (C=O) groups excluding carboxylic acids is 1. The molecule has 3 aromatic rings. The maximum atomic E-state index is 13.1. The quantitative estimate of drug-likeness (QED) is 0.683. The summed E-state index contributed by atoms with van der Waals surface area (Å²) in [5, 5.41) is 2.59. The van der Waals surface area contributed by atoms with E-state index in [0.717, 1.165) is 4.31 Å². The van der Waals surface area contributed by atoms with Crippen LogP contribution in [0.2, 0.25) is 0 Å². The molecule has 0 bridgehead atoms. The number of rotatable bonds is 5. The fourth-order valence-electron chi connectivity index (χ4n) is 2.60. The number of hydrogen-bond acceptors (Lipinski definition) is 6. The molecule has 0 fully saturated rings. The molecule has 2 heterocycles. The van der Waals surface area contributed by atoms with Crippen LogP contribution in [-0.2, 0) is 14.8 Å². The molecule has 3 rings (SSSR count). The van der Waals surface area contributed by atoms with E-state index in [2.05, 4.69) is 15.3 Å². The highest BCUT2D eigenvalue weighted by molar-refractivity contribution is 7.93. The van der Waals surface area contributed by atoms with Gasteiger partial charge in [0.1, 0.15) is 16.5 Å². The number of nitrogen functional groups attached to an aromatic ring is 1. The first-order valence-corrected chi connectivity index (χ1v) is 9.76. The third-order valence-corrected chi connectivity index (χ3v) is 5.85. The Morgan fingerprint density at radius 2 is 1.79 bits per heavy atom. The summed E-state index contributed by atoms with van der Waals surface area (Å²) in [7, 11) is -2.47. The predicted molar refractivity (Wildman–Crippen MR) is 108 cm³/mol. The highest BCUT2D eigenvalue weighted by atomic mass is 32.2. The number of hydrogen-bond donors (Lipinski definition) is 2. The fourth-order valence-corrected chi connectivity index (χ4v) is 3.89. The van der Waals surface area contributed by atoms with Crippen LogP contribution in [0.4, 0.5) is 17.3 Å². The number of nitrogens with one attached hydrogen (secondary N) is 1. The molecule has 0 aliphatic heterocycles. The Kier molecular flexibility index (Phi) is 5.27. The predicted octanol–water partition coefficient (Wildman–Crippen LogP) is 2.51. The lowest BCUT2D eigenvalue weighted by Gasteiger charge is -2.20. The van der Waals surface area contributed by atoms with Crippen LogP contribution in [0.1, 0.15) is 6.92 Å². The molecule has 144 valence electrons. The van der Waals surface area contributed by atoms with Gasteiger partial charge >= 0.3 is 0 Å². The van der Waals surface area contributed by atoms with Crippen LogP contribution in [0, 0.1) is 0 Å². The van der Waals surface area contributed by atoms with E-state index in [0.29, 0.717) is 22.6 Å². The van der Waals surface area contributed by atoms with Gasteiger partial charge in [0.2, 0.25) is 5.91 Å². The molecule has 0 spiro atoms. The Morgan fingerprint density at radius 3 is 2.46 bits per heavy atom. The minimum Gasteiger partial charge on any atom is -0.383 e. The number of para-hydroxylation sites is 1. The van der Waals surface area contributed by atoms with Crippen molar-refractivity contribution >= 4 is 33.3 Å². The van der Waals surface area contributed by atoms with Crippen LogP contribution >= 0.6 is 0 Å². The van der Waals surface area contributed by atoms with Crippen LogP contribution in [0.25, 0.3) is 11.1 Å². The SMILES string of the molecule is CC(=O)Nc1cc(-c2cnc(N)c(S(=O)(=O)N(C)c3ccccc3)c2)ccn1. The summed E-state index contributed by atoms with van der Waals surface area (Å²) < 4.78 is 27.3. The van der Waals surface area contributed by atoms with Crippen molar-refractivity contribution in [2.45, 2.75) is 11.8 Å². The number of sulfonamides is 1. The summed E-state index contributed by atoms with van der Waals surface area (Å²) in [6, 6.07) is 13.5. The number of aromatic nitrogens is 2. The van der Waals surface area contributed by atoms with Crippen molar-refractivity contribution in [3.8, 4) is 11.1 Å². The van der Waals surface area contributed by atoms with Gasteiger partial charge in [0.05, 0.1) is 5.69 Å². The molecule has 0 saturated carbocycles. The van der Waals surface area contributed by atoms with Crippen molar-refractivity contribution in [1.29, 1.82) is 0 Å². The van der Waals surface area contributed by atoms with Gasteiger partial charge in [0.25, 0.3) is 10.0 Å². The number of nitrogens with two attached hydrogens (primary N) is 1. The number of pyridine rings is 2. The van der Waals surface area contributed by atoms with Gasteiger partial charge in [-0.25, -0.2) is 18.4 Å². The molecule has 8 nitrogen and oxygen atoms in total. The molecule has 0 aliphatic carbocycles. The molecule has 0 unspecified atom stereocenters. The average Bonchev–Trinajstić information content (AvgIpc) is 2.68. The third kappa shape index (κ3) is 3.94. The number of benzene rings is 1. The standard InChI is InChI=1S/C19H19N5O3S/c1-13(25)23-18-11-14(8-9-21-18)15-10-17(19(20)22-12-15)28(26,27)24(2)16-6-4-3-5-7-16/h3-12H,1-2H3,(H2,20,22)(H,21,23,25). The lowest BCUT2D eigenvalue weighted by molar-refractivity contribution is -0.114. The second-order valence-corrected chi connectivity index (χ2v) is 7.96. The van der Waals surface area contributed by atoms with Crippen LogP contribution in [0.15, 0.2) is 65.8 Å². The van der Waals surface area contributed by atoms with E-state index in [9.17, 15) is 13.2 Å². The highest BCUT2D eigenvalue weighted by Crippen LogP contribution is 2.29. The number of anilines is 3. The summed E-state index contributed by atoms with van der Waals surface area (Å²) in [5.41, 5.74) is 7.56. The first-order valence-electron chi connectivity index (χ1n) is 8.32. The molecule has 1 amide bonds. The second-order valence-electron chi connectivity index (χ2n) is 6.03. The maximum absolute atomic E-state index is 13.1. The smallest absolute Gasteiger partial charge is 0.267 e. The van der Waals surface area contributed by atoms with Crippen molar-refractivity contribution in [1.82, 2.24) is 9.97 Å². The van der Waals surface area contributed by atoms with Crippen LogP contribution in [0.3, 0.4) is 0 Å². The van der Waals surface area contributed by atoms with Crippen molar-refractivity contribution in [2.24, 2.45) is 0 Å². The Balaban J connectivity index is 2.04. The molecule has 3 N–H and O–H groups in total. The van der Waals surface area contributed by atoms with Gasteiger partial charge in [-0.3, -0.25) is 9.10 Å². The van der Waals surface area contributed by atoms with Gasteiger partial charge in [-0.1, -0.05) is 18.2 Å². The van der Waals surface area contributed by atoms with Gasteiger partial charge in [0.15, 0.2) is 0 Å². The van der Waals surface area contributed by atoms with Gasteiger partial charge in [-0.15, -0.1) is 0 Å². The molecule has 9 heteroatoms. The Bertz CT molecular complexity index is 1120.